The van der Waals surface area contributed by atoms with Crippen molar-refractivity contribution in [2.45, 2.75) is 4.34 Å². The van der Waals surface area contributed by atoms with Crippen LogP contribution in [0.1, 0.15) is 9.67 Å². The molecular formula is C17H13N3O4S2. The van der Waals surface area contributed by atoms with E-state index < -0.39 is 17.8 Å². The predicted octanol–water partition coefficient (Wildman–Crippen LogP) is 3.29. The van der Waals surface area contributed by atoms with E-state index >= 15 is 0 Å². The minimum absolute atomic E-state index is 0.0648. The van der Waals surface area contributed by atoms with Crippen molar-refractivity contribution in [2.75, 3.05) is 16.9 Å². The van der Waals surface area contributed by atoms with E-state index in [1.54, 1.807) is 12.3 Å². The van der Waals surface area contributed by atoms with Crippen LogP contribution < -0.4 is 10.6 Å². The first-order valence-corrected chi connectivity index (χ1v) is 9.41. The number of rotatable bonds is 4. The molecule has 1 heterocycles. The molecule has 2 amide bonds. The number of aromatic nitrogens is 1. The number of nitrogens with zero attached hydrogens (tertiary/aromatic N) is 1. The summed E-state index contributed by atoms with van der Waals surface area (Å²) in [7, 11) is 0. The van der Waals surface area contributed by atoms with E-state index in [0.29, 0.717) is 10.0 Å². The zero-order chi connectivity index (χ0) is 18.7. The molecule has 2 aromatic carbocycles. The Balaban J connectivity index is 1.87. The van der Waals surface area contributed by atoms with Gasteiger partial charge < -0.3 is 10.4 Å². The van der Waals surface area contributed by atoms with E-state index in [4.69, 9.17) is 5.11 Å². The lowest BCUT2D eigenvalue weighted by Crippen LogP contribution is -2.23. The van der Waals surface area contributed by atoms with Gasteiger partial charge >= 0.3 is 11.9 Å². The Morgan fingerprint density at radius 1 is 1.08 bits per heavy atom. The van der Waals surface area contributed by atoms with Crippen LogP contribution in [0.4, 0.5) is 11.5 Å². The van der Waals surface area contributed by atoms with Crippen molar-refractivity contribution in [3.8, 4) is 0 Å². The molecule has 3 N–H and O–H groups in total. The van der Waals surface area contributed by atoms with Crippen molar-refractivity contribution in [3.05, 3.63) is 47.3 Å². The van der Waals surface area contributed by atoms with Gasteiger partial charge in [0.15, 0.2) is 10.2 Å². The fourth-order valence-corrected chi connectivity index (χ4v) is 3.66. The molecule has 0 saturated carbocycles. The van der Waals surface area contributed by atoms with Gasteiger partial charge in [0.2, 0.25) is 0 Å². The first kappa shape index (κ1) is 17.9. The van der Waals surface area contributed by atoms with Crippen LogP contribution in [-0.2, 0) is 9.59 Å². The smallest absolute Gasteiger partial charge is 0.394 e. The van der Waals surface area contributed by atoms with E-state index in [1.807, 2.05) is 36.4 Å². The molecule has 0 saturated heterocycles. The maximum Gasteiger partial charge on any atom is 0.394 e. The SMILES string of the molecule is CSc1nc(NC(=O)C(=O)O)c(C(=O)Nc2ccc3ccccc3c2)s1. The number of hydrogen-bond acceptors (Lipinski definition) is 6. The molecule has 0 spiro atoms. The highest BCUT2D eigenvalue weighted by Crippen LogP contribution is 2.30. The number of benzene rings is 2. The van der Waals surface area contributed by atoms with Crippen molar-refractivity contribution in [1.29, 1.82) is 0 Å². The second-order valence-corrected chi connectivity index (χ2v) is 7.19. The maximum absolute atomic E-state index is 12.6. The molecule has 7 nitrogen and oxygen atoms in total. The van der Waals surface area contributed by atoms with E-state index in [1.165, 1.54) is 11.8 Å². The first-order valence-electron chi connectivity index (χ1n) is 7.37. The van der Waals surface area contributed by atoms with E-state index in [0.717, 1.165) is 22.1 Å². The fraction of sp³-hybridized carbons (Fsp3) is 0.0588. The number of thiazole rings is 1. The second-order valence-electron chi connectivity index (χ2n) is 5.14. The number of nitrogens with one attached hydrogen (secondary N) is 2. The van der Waals surface area contributed by atoms with Gasteiger partial charge in [-0.05, 0) is 29.2 Å². The molecule has 3 rings (SSSR count). The normalized spacial score (nSPS) is 10.5. The number of anilines is 2. The third kappa shape index (κ3) is 3.84. The van der Waals surface area contributed by atoms with Gasteiger partial charge in [0.05, 0.1) is 0 Å². The van der Waals surface area contributed by atoms with Gasteiger partial charge in [-0.2, -0.15) is 0 Å². The van der Waals surface area contributed by atoms with Gasteiger partial charge in [-0.25, -0.2) is 9.78 Å². The average molecular weight is 387 g/mol. The highest BCUT2D eigenvalue weighted by atomic mass is 32.2. The molecule has 3 aromatic rings. The molecule has 1 aromatic heterocycles. The van der Waals surface area contributed by atoms with Gasteiger partial charge in [-0.3, -0.25) is 14.9 Å². The molecule has 0 atom stereocenters. The number of aliphatic carboxylic acids is 1. The first-order chi connectivity index (χ1) is 12.5. The van der Waals surface area contributed by atoms with Crippen LogP contribution >= 0.6 is 23.1 Å². The van der Waals surface area contributed by atoms with Crippen molar-refractivity contribution in [2.24, 2.45) is 0 Å². The van der Waals surface area contributed by atoms with E-state index in [9.17, 15) is 14.4 Å². The molecule has 0 aliphatic carbocycles. The predicted molar refractivity (Wildman–Crippen MR) is 102 cm³/mol. The summed E-state index contributed by atoms with van der Waals surface area (Å²) in [4.78, 5) is 39.0. The summed E-state index contributed by atoms with van der Waals surface area (Å²) in [5.41, 5.74) is 0.586. The average Bonchev–Trinajstić information content (AvgIpc) is 3.04. The molecular weight excluding hydrogens is 374 g/mol. The molecule has 26 heavy (non-hydrogen) atoms. The fourth-order valence-electron chi connectivity index (χ4n) is 2.24. The zero-order valence-electron chi connectivity index (χ0n) is 13.5. The Morgan fingerprint density at radius 3 is 2.50 bits per heavy atom. The largest absolute Gasteiger partial charge is 0.474 e. The van der Waals surface area contributed by atoms with Gasteiger partial charge in [0.25, 0.3) is 5.91 Å². The van der Waals surface area contributed by atoms with Gasteiger partial charge in [0, 0.05) is 5.69 Å². The number of carbonyl (C=O) groups is 3. The van der Waals surface area contributed by atoms with Crippen LogP contribution in [0.3, 0.4) is 0 Å². The summed E-state index contributed by atoms with van der Waals surface area (Å²) in [6.07, 6.45) is 1.77. The summed E-state index contributed by atoms with van der Waals surface area (Å²) in [6.45, 7) is 0. The van der Waals surface area contributed by atoms with Crippen LogP contribution in [-0.4, -0.2) is 34.1 Å². The topological polar surface area (TPSA) is 108 Å². The number of carboxylic acids is 1. The standard InChI is InChI=1S/C17H13N3O4S2/c1-25-17-20-13(19-15(22)16(23)24)12(26-17)14(21)18-11-7-6-9-4-2-3-5-10(9)8-11/h2-8H,1H3,(H,18,21)(H,19,22)(H,23,24). The number of thioether (sulfide) groups is 1. The van der Waals surface area contributed by atoms with Crippen LogP contribution in [0.15, 0.2) is 46.8 Å². The molecule has 0 aliphatic rings. The Kier molecular flexibility index (Phi) is 5.19. The minimum Gasteiger partial charge on any atom is -0.474 e. The Hall–Kier alpha value is -2.91. The summed E-state index contributed by atoms with van der Waals surface area (Å²) in [5.74, 6) is -3.43. The molecule has 0 fully saturated rings. The lowest BCUT2D eigenvalue weighted by atomic mass is 10.1. The third-order valence-corrected chi connectivity index (χ3v) is 5.46. The third-order valence-electron chi connectivity index (χ3n) is 3.42. The lowest BCUT2D eigenvalue weighted by Gasteiger charge is -2.07. The maximum atomic E-state index is 12.6. The van der Waals surface area contributed by atoms with Crippen molar-refractivity contribution in [1.82, 2.24) is 4.98 Å². The quantitative estimate of drug-likeness (QED) is 0.468. The molecule has 132 valence electrons. The lowest BCUT2D eigenvalue weighted by molar-refractivity contribution is -0.147. The Bertz CT molecular complexity index is 1020. The van der Waals surface area contributed by atoms with Crippen LogP contribution in [0, 0.1) is 0 Å². The molecule has 9 heteroatoms. The van der Waals surface area contributed by atoms with Crippen LogP contribution in [0.25, 0.3) is 10.8 Å². The highest BCUT2D eigenvalue weighted by Gasteiger charge is 2.22. The summed E-state index contributed by atoms with van der Waals surface area (Å²) in [6, 6.07) is 13.2. The molecule has 0 aliphatic heterocycles. The van der Waals surface area contributed by atoms with Crippen molar-refractivity contribution < 1.29 is 19.5 Å². The van der Waals surface area contributed by atoms with Gasteiger partial charge in [-0.15, -0.1) is 11.3 Å². The number of amides is 2. The minimum atomic E-state index is -1.65. The summed E-state index contributed by atoms with van der Waals surface area (Å²) in [5, 5.41) is 15.6. The van der Waals surface area contributed by atoms with Crippen LogP contribution in [0.2, 0.25) is 0 Å². The Morgan fingerprint density at radius 2 is 1.81 bits per heavy atom. The van der Waals surface area contributed by atoms with E-state index in [2.05, 4.69) is 15.6 Å². The van der Waals surface area contributed by atoms with E-state index in [-0.39, 0.29) is 10.7 Å². The van der Waals surface area contributed by atoms with Crippen LogP contribution in [0.5, 0.6) is 0 Å². The second kappa shape index (κ2) is 7.54. The summed E-state index contributed by atoms with van der Waals surface area (Å²) < 4.78 is 0.536. The highest BCUT2D eigenvalue weighted by molar-refractivity contribution is 8.00. The number of hydrogen-bond donors (Lipinski definition) is 3. The van der Waals surface area contributed by atoms with Gasteiger partial charge in [0.1, 0.15) is 4.88 Å². The summed E-state index contributed by atoms with van der Waals surface area (Å²) >= 11 is 2.37. The number of carboxylic acid groups (broad SMARTS) is 1. The Labute approximate surface area is 156 Å². The molecule has 0 bridgehead atoms. The van der Waals surface area contributed by atoms with Crippen molar-refractivity contribution >= 4 is 63.2 Å². The molecule has 0 radical (unpaired) electrons. The molecule has 0 unspecified atom stereocenters. The monoisotopic (exact) mass is 387 g/mol. The number of fused-ring (bicyclic) bond motifs is 1. The zero-order valence-corrected chi connectivity index (χ0v) is 15.1. The van der Waals surface area contributed by atoms with Gasteiger partial charge in [-0.1, -0.05) is 42.1 Å². The number of carbonyl (C=O) groups excluding carboxylic acids is 2. The van der Waals surface area contributed by atoms with Crippen molar-refractivity contribution in [3.63, 3.8) is 0 Å².